The molecule has 0 spiro atoms. The molecule has 0 aliphatic heterocycles. The molecule has 0 unspecified atom stereocenters. The van der Waals surface area contributed by atoms with Gasteiger partial charge in [-0.2, -0.15) is 0 Å². The second-order valence-electron chi connectivity index (χ2n) is 6.43. The van der Waals surface area contributed by atoms with Crippen LogP contribution in [0.2, 0.25) is 0 Å². The normalized spacial score (nSPS) is 11.1. The Bertz CT molecular complexity index is 1080. The molecule has 2 heterocycles. The Morgan fingerprint density at radius 3 is 2.30 bits per heavy atom. The van der Waals surface area contributed by atoms with Crippen molar-refractivity contribution in [2.75, 3.05) is 0 Å². The van der Waals surface area contributed by atoms with Gasteiger partial charge in [-0.25, -0.2) is 4.98 Å². The van der Waals surface area contributed by atoms with Crippen molar-refractivity contribution in [1.82, 2.24) is 19.7 Å². The van der Waals surface area contributed by atoms with Gasteiger partial charge in [-0.15, -0.1) is 21.5 Å². The maximum Gasteiger partial charge on any atom is 0.191 e. The van der Waals surface area contributed by atoms with E-state index < -0.39 is 0 Å². The van der Waals surface area contributed by atoms with Gasteiger partial charge in [-0.1, -0.05) is 60.3 Å². The first-order valence-electron chi connectivity index (χ1n) is 8.72. The summed E-state index contributed by atoms with van der Waals surface area (Å²) in [5, 5.41) is 12.9. The van der Waals surface area contributed by atoms with Crippen molar-refractivity contribution in [2.45, 2.75) is 24.8 Å². The standard InChI is InChI=1S/C21H20N4S2/c1-14-8-4-6-10-17(14)19-23-24-21(25(19)3)27-13-16-12-26-20(22-16)18-11-7-5-9-15(18)2/h4-12H,13H2,1-3H3. The Morgan fingerprint density at radius 2 is 1.59 bits per heavy atom. The summed E-state index contributed by atoms with van der Waals surface area (Å²) in [5.74, 6) is 1.68. The van der Waals surface area contributed by atoms with Gasteiger partial charge in [0, 0.05) is 29.3 Å². The predicted octanol–water partition coefficient (Wildman–Crippen LogP) is 5.51. The Kier molecular flexibility index (Phi) is 5.09. The number of aromatic nitrogens is 4. The average molecular weight is 393 g/mol. The van der Waals surface area contributed by atoms with Crippen LogP contribution in [0.3, 0.4) is 0 Å². The van der Waals surface area contributed by atoms with E-state index in [-0.39, 0.29) is 0 Å². The van der Waals surface area contributed by atoms with E-state index in [1.54, 1.807) is 23.1 Å². The van der Waals surface area contributed by atoms with Gasteiger partial charge in [0.2, 0.25) is 0 Å². The summed E-state index contributed by atoms with van der Waals surface area (Å²) in [6, 6.07) is 16.6. The quantitative estimate of drug-likeness (QED) is 0.420. The molecule has 0 fully saturated rings. The van der Waals surface area contributed by atoms with Crippen molar-refractivity contribution >= 4 is 23.1 Å². The van der Waals surface area contributed by atoms with Gasteiger partial charge < -0.3 is 4.57 Å². The number of nitrogens with zero attached hydrogens (tertiary/aromatic N) is 4. The topological polar surface area (TPSA) is 43.6 Å². The molecule has 0 N–H and O–H groups in total. The third kappa shape index (κ3) is 3.68. The van der Waals surface area contributed by atoms with Gasteiger partial charge in [-0.05, 0) is 25.0 Å². The smallest absolute Gasteiger partial charge is 0.191 e. The molecular formula is C21H20N4S2. The molecule has 0 aliphatic carbocycles. The summed E-state index contributed by atoms with van der Waals surface area (Å²) in [6.45, 7) is 4.22. The first-order valence-corrected chi connectivity index (χ1v) is 10.6. The van der Waals surface area contributed by atoms with Crippen molar-refractivity contribution < 1.29 is 0 Å². The van der Waals surface area contributed by atoms with Crippen LogP contribution in [-0.2, 0) is 12.8 Å². The fourth-order valence-corrected chi connectivity index (χ4v) is 4.77. The van der Waals surface area contributed by atoms with Crippen LogP contribution in [0.5, 0.6) is 0 Å². The van der Waals surface area contributed by atoms with Crippen molar-refractivity contribution in [2.24, 2.45) is 7.05 Å². The van der Waals surface area contributed by atoms with Gasteiger partial charge in [0.05, 0.1) is 5.69 Å². The lowest BCUT2D eigenvalue weighted by atomic mass is 10.1. The molecule has 2 aromatic heterocycles. The molecule has 0 saturated heterocycles. The summed E-state index contributed by atoms with van der Waals surface area (Å²) in [5.41, 5.74) is 5.85. The van der Waals surface area contributed by atoms with Crippen LogP contribution in [0, 0.1) is 13.8 Å². The molecule has 0 bridgehead atoms. The van der Waals surface area contributed by atoms with E-state index in [1.807, 2.05) is 19.2 Å². The van der Waals surface area contributed by atoms with Gasteiger partial charge >= 0.3 is 0 Å². The highest BCUT2D eigenvalue weighted by atomic mass is 32.2. The molecule has 4 nitrogen and oxygen atoms in total. The molecule has 6 heteroatoms. The van der Waals surface area contributed by atoms with Crippen molar-refractivity contribution in [3.8, 4) is 22.0 Å². The Balaban J connectivity index is 1.51. The molecule has 0 saturated carbocycles. The molecule has 136 valence electrons. The molecular weight excluding hydrogens is 372 g/mol. The zero-order chi connectivity index (χ0) is 18.8. The minimum absolute atomic E-state index is 0.780. The lowest BCUT2D eigenvalue weighted by Crippen LogP contribution is -1.96. The molecule has 0 aliphatic rings. The lowest BCUT2D eigenvalue weighted by molar-refractivity contribution is 0.793. The third-order valence-electron chi connectivity index (χ3n) is 4.50. The molecule has 0 atom stereocenters. The number of rotatable bonds is 5. The number of aryl methyl sites for hydroxylation is 2. The van der Waals surface area contributed by atoms with E-state index >= 15 is 0 Å². The van der Waals surface area contributed by atoms with Crippen LogP contribution < -0.4 is 0 Å². The van der Waals surface area contributed by atoms with Crippen LogP contribution in [0.4, 0.5) is 0 Å². The van der Waals surface area contributed by atoms with Gasteiger partial charge in [0.1, 0.15) is 5.01 Å². The van der Waals surface area contributed by atoms with E-state index in [0.717, 1.165) is 33.0 Å². The number of thiazole rings is 1. The second kappa shape index (κ2) is 7.66. The largest absolute Gasteiger partial charge is 0.305 e. The number of hydrogen-bond donors (Lipinski definition) is 0. The van der Waals surface area contributed by atoms with Crippen molar-refractivity contribution in [3.63, 3.8) is 0 Å². The van der Waals surface area contributed by atoms with Crippen LogP contribution in [-0.4, -0.2) is 19.7 Å². The molecule has 27 heavy (non-hydrogen) atoms. The van der Waals surface area contributed by atoms with Crippen molar-refractivity contribution in [1.29, 1.82) is 0 Å². The minimum atomic E-state index is 0.780. The molecule has 0 radical (unpaired) electrons. The summed E-state index contributed by atoms with van der Waals surface area (Å²) in [6.07, 6.45) is 0. The van der Waals surface area contributed by atoms with Crippen molar-refractivity contribution in [3.05, 3.63) is 70.7 Å². The highest BCUT2D eigenvalue weighted by Crippen LogP contribution is 2.30. The van der Waals surface area contributed by atoms with Gasteiger partial charge in [0.25, 0.3) is 0 Å². The van der Waals surface area contributed by atoms with Crippen LogP contribution in [0.15, 0.2) is 59.1 Å². The average Bonchev–Trinajstić information content (AvgIpc) is 3.28. The SMILES string of the molecule is Cc1ccccc1-c1nc(CSc2nnc(-c3ccccc3C)n2C)cs1. The molecule has 4 rings (SSSR count). The summed E-state index contributed by atoms with van der Waals surface area (Å²) in [7, 11) is 2.02. The summed E-state index contributed by atoms with van der Waals surface area (Å²) in [4.78, 5) is 4.81. The second-order valence-corrected chi connectivity index (χ2v) is 8.23. The first-order chi connectivity index (χ1) is 13.1. The monoisotopic (exact) mass is 392 g/mol. The fourth-order valence-electron chi connectivity index (χ4n) is 2.95. The Hall–Kier alpha value is -2.44. The summed E-state index contributed by atoms with van der Waals surface area (Å²) >= 11 is 3.36. The van der Waals surface area contributed by atoms with Gasteiger partial charge in [0.15, 0.2) is 11.0 Å². The van der Waals surface area contributed by atoms with Crippen LogP contribution >= 0.6 is 23.1 Å². The third-order valence-corrected chi connectivity index (χ3v) is 6.48. The van der Waals surface area contributed by atoms with E-state index in [2.05, 4.69) is 70.4 Å². The minimum Gasteiger partial charge on any atom is -0.305 e. The first kappa shape index (κ1) is 17.9. The number of benzene rings is 2. The Morgan fingerprint density at radius 1 is 0.926 bits per heavy atom. The number of hydrogen-bond acceptors (Lipinski definition) is 5. The number of thioether (sulfide) groups is 1. The van der Waals surface area contributed by atoms with E-state index in [4.69, 9.17) is 4.98 Å². The van der Waals surface area contributed by atoms with E-state index in [0.29, 0.717) is 0 Å². The zero-order valence-corrected chi connectivity index (χ0v) is 17.1. The maximum atomic E-state index is 4.81. The maximum absolute atomic E-state index is 4.81. The molecule has 0 amide bonds. The predicted molar refractivity (Wildman–Crippen MR) is 113 cm³/mol. The summed E-state index contributed by atoms with van der Waals surface area (Å²) < 4.78 is 2.06. The molecule has 4 aromatic rings. The van der Waals surface area contributed by atoms with E-state index in [9.17, 15) is 0 Å². The van der Waals surface area contributed by atoms with Crippen LogP contribution in [0.1, 0.15) is 16.8 Å². The van der Waals surface area contributed by atoms with Gasteiger partial charge in [-0.3, -0.25) is 0 Å². The highest BCUT2D eigenvalue weighted by molar-refractivity contribution is 7.98. The highest BCUT2D eigenvalue weighted by Gasteiger charge is 2.14. The zero-order valence-electron chi connectivity index (χ0n) is 15.5. The fraction of sp³-hybridized carbons (Fsp3) is 0.190. The molecule has 2 aromatic carbocycles. The van der Waals surface area contributed by atoms with Crippen LogP contribution in [0.25, 0.3) is 22.0 Å². The van der Waals surface area contributed by atoms with E-state index in [1.165, 1.54) is 16.7 Å². The Labute approximate surface area is 167 Å². The lowest BCUT2D eigenvalue weighted by Gasteiger charge is -2.05.